The van der Waals surface area contributed by atoms with Gasteiger partial charge in [0.25, 0.3) is 15.7 Å². The maximum Gasteiger partial charge on any atom is 0.270 e. The van der Waals surface area contributed by atoms with E-state index >= 15 is 0 Å². The molecule has 11 heteroatoms. The molecule has 0 fully saturated rings. The van der Waals surface area contributed by atoms with Crippen LogP contribution in [-0.2, 0) is 20.0 Å². The molecule has 0 aromatic heterocycles. The molecule has 29 heavy (non-hydrogen) atoms. The molecule has 0 aliphatic carbocycles. The van der Waals surface area contributed by atoms with Crippen molar-refractivity contribution in [3.05, 3.63) is 57.6 Å². The Morgan fingerprint density at radius 2 is 1.48 bits per heavy atom. The highest BCUT2D eigenvalue weighted by molar-refractivity contribution is 7.92. The monoisotopic (exact) mass is 441 g/mol. The number of hydrogen-bond donors (Lipinski definition) is 1. The third-order valence-corrected chi connectivity index (χ3v) is 8.15. The number of anilines is 1. The normalized spacial score (nSPS) is 12.2. The Morgan fingerprint density at radius 1 is 0.931 bits per heavy atom. The van der Waals surface area contributed by atoms with Crippen molar-refractivity contribution in [3.8, 4) is 0 Å². The summed E-state index contributed by atoms with van der Waals surface area (Å²) in [7, 11) is -7.96. The highest BCUT2D eigenvalue weighted by Crippen LogP contribution is 2.27. The average molecular weight is 442 g/mol. The van der Waals surface area contributed by atoms with E-state index < -0.39 is 25.0 Å². The second-order valence-electron chi connectivity index (χ2n) is 6.38. The van der Waals surface area contributed by atoms with Crippen molar-refractivity contribution in [2.45, 2.75) is 37.5 Å². The molecule has 0 saturated heterocycles. The Labute approximate surface area is 170 Å². The molecule has 0 amide bonds. The number of benzene rings is 2. The van der Waals surface area contributed by atoms with Crippen LogP contribution in [0.4, 0.5) is 11.4 Å². The van der Waals surface area contributed by atoms with Gasteiger partial charge < -0.3 is 0 Å². The lowest BCUT2D eigenvalue weighted by molar-refractivity contribution is -0.385. The summed E-state index contributed by atoms with van der Waals surface area (Å²) in [5.41, 5.74) is 0.495. The number of sulfonamides is 2. The van der Waals surface area contributed by atoms with Crippen molar-refractivity contribution >= 4 is 31.4 Å². The SMILES string of the molecule is CCN(CC)S(=O)(=O)c1cc(NS(=O)(=O)c2cc([N+](=O)[O-])ccc2C)ccc1C. The van der Waals surface area contributed by atoms with E-state index in [4.69, 9.17) is 0 Å². The second-order valence-corrected chi connectivity index (χ2v) is 9.94. The molecule has 0 atom stereocenters. The van der Waals surface area contributed by atoms with E-state index in [0.717, 1.165) is 6.07 Å². The average Bonchev–Trinajstić information content (AvgIpc) is 2.63. The first-order chi connectivity index (χ1) is 13.4. The lowest BCUT2D eigenvalue weighted by Crippen LogP contribution is -2.31. The molecule has 2 rings (SSSR count). The highest BCUT2D eigenvalue weighted by Gasteiger charge is 2.25. The van der Waals surface area contributed by atoms with Crippen molar-refractivity contribution in [1.82, 2.24) is 4.31 Å². The number of hydrogen-bond acceptors (Lipinski definition) is 6. The van der Waals surface area contributed by atoms with E-state index in [2.05, 4.69) is 4.72 Å². The fourth-order valence-electron chi connectivity index (χ4n) is 2.85. The van der Waals surface area contributed by atoms with Crippen molar-refractivity contribution < 1.29 is 21.8 Å². The molecule has 0 aliphatic heterocycles. The third kappa shape index (κ3) is 4.74. The Kier molecular flexibility index (Phi) is 6.66. The van der Waals surface area contributed by atoms with E-state index in [1.807, 2.05) is 0 Å². The second kappa shape index (κ2) is 8.47. The maximum absolute atomic E-state index is 12.9. The topological polar surface area (TPSA) is 127 Å². The van der Waals surface area contributed by atoms with E-state index in [1.165, 1.54) is 41.6 Å². The minimum Gasteiger partial charge on any atom is -0.280 e. The molecule has 0 bridgehead atoms. The lowest BCUT2D eigenvalue weighted by Gasteiger charge is -2.20. The largest absolute Gasteiger partial charge is 0.280 e. The van der Waals surface area contributed by atoms with Gasteiger partial charge in [-0.25, -0.2) is 16.8 Å². The molecular weight excluding hydrogens is 418 g/mol. The molecule has 2 aromatic carbocycles. The highest BCUT2D eigenvalue weighted by atomic mass is 32.2. The van der Waals surface area contributed by atoms with Gasteiger partial charge in [-0.05, 0) is 37.1 Å². The number of nitrogens with zero attached hydrogens (tertiary/aromatic N) is 2. The first-order valence-electron chi connectivity index (χ1n) is 8.82. The summed E-state index contributed by atoms with van der Waals surface area (Å²) in [6.07, 6.45) is 0. The minimum atomic E-state index is -4.17. The van der Waals surface area contributed by atoms with Crippen LogP contribution >= 0.6 is 0 Å². The van der Waals surface area contributed by atoms with Crippen molar-refractivity contribution in [1.29, 1.82) is 0 Å². The molecule has 0 spiro atoms. The van der Waals surface area contributed by atoms with Gasteiger partial charge in [-0.15, -0.1) is 0 Å². The van der Waals surface area contributed by atoms with Gasteiger partial charge >= 0.3 is 0 Å². The van der Waals surface area contributed by atoms with Crippen LogP contribution < -0.4 is 4.72 Å². The van der Waals surface area contributed by atoms with Crippen LogP contribution in [0.1, 0.15) is 25.0 Å². The molecule has 2 aromatic rings. The molecule has 0 unspecified atom stereocenters. The summed E-state index contributed by atoms with van der Waals surface area (Å²) >= 11 is 0. The van der Waals surface area contributed by atoms with Gasteiger partial charge in [0.1, 0.15) is 0 Å². The Bertz CT molecular complexity index is 1140. The van der Waals surface area contributed by atoms with Crippen LogP contribution in [-0.4, -0.2) is 39.2 Å². The van der Waals surface area contributed by atoms with Gasteiger partial charge in [-0.3, -0.25) is 14.8 Å². The number of aryl methyl sites for hydroxylation is 2. The van der Waals surface area contributed by atoms with Crippen LogP contribution in [0, 0.1) is 24.0 Å². The molecule has 0 radical (unpaired) electrons. The zero-order valence-corrected chi connectivity index (χ0v) is 18.2. The van der Waals surface area contributed by atoms with Gasteiger partial charge in [0.05, 0.1) is 20.4 Å². The van der Waals surface area contributed by atoms with Gasteiger partial charge in [-0.2, -0.15) is 4.31 Å². The smallest absolute Gasteiger partial charge is 0.270 e. The summed E-state index contributed by atoms with van der Waals surface area (Å²) in [6, 6.07) is 7.75. The Hall–Kier alpha value is -2.50. The fourth-order valence-corrected chi connectivity index (χ4v) is 5.87. The van der Waals surface area contributed by atoms with Crippen molar-refractivity contribution in [2.24, 2.45) is 0 Å². The van der Waals surface area contributed by atoms with Crippen LogP contribution in [0.3, 0.4) is 0 Å². The maximum atomic E-state index is 12.9. The molecule has 0 saturated carbocycles. The fraction of sp³-hybridized carbons (Fsp3) is 0.333. The number of nitrogens with one attached hydrogen (secondary N) is 1. The zero-order chi connectivity index (χ0) is 22.0. The first-order valence-corrected chi connectivity index (χ1v) is 11.7. The standard InChI is InChI=1S/C18H23N3O6S2/c1-5-20(6-2)29(26,27)18-11-15(9-7-14(18)4)19-28(24,25)17-12-16(21(22)23)10-8-13(17)3/h7-12,19H,5-6H2,1-4H3. The Morgan fingerprint density at radius 3 is 2.03 bits per heavy atom. The molecule has 0 aliphatic rings. The molecule has 1 N–H and O–H groups in total. The van der Waals surface area contributed by atoms with E-state index in [9.17, 15) is 26.9 Å². The van der Waals surface area contributed by atoms with E-state index in [0.29, 0.717) is 11.1 Å². The summed E-state index contributed by atoms with van der Waals surface area (Å²) in [4.78, 5) is 10.0. The Balaban J connectivity index is 2.51. The predicted molar refractivity (Wildman–Crippen MR) is 110 cm³/mol. The summed E-state index contributed by atoms with van der Waals surface area (Å²) in [5.74, 6) is 0. The zero-order valence-electron chi connectivity index (χ0n) is 16.5. The summed E-state index contributed by atoms with van der Waals surface area (Å²) in [6.45, 7) is 7.13. The number of nitro groups is 1. The first kappa shape index (κ1) is 22.8. The van der Waals surface area contributed by atoms with Gasteiger partial charge in [0, 0.05) is 25.2 Å². The van der Waals surface area contributed by atoms with Crippen molar-refractivity contribution in [3.63, 3.8) is 0 Å². The van der Waals surface area contributed by atoms with Gasteiger partial charge in [0.15, 0.2) is 0 Å². The van der Waals surface area contributed by atoms with Crippen LogP contribution in [0.5, 0.6) is 0 Å². The van der Waals surface area contributed by atoms with Crippen LogP contribution in [0.15, 0.2) is 46.2 Å². The number of nitro benzene ring substituents is 1. The quantitative estimate of drug-likeness (QED) is 0.495. The third-order valence-electron chi connectivity index (χ3n) is 4.44. The molecular formula is C18H23N3O6S2. The van der Waals surface area contributed by atoms with Crippen LogP contribution in [0.25, 0.3) is 0 Å². The van der Waals surface area contributed by atoms with Gasteiger partial charge in [0.2, 0.25) is 10.0 Å². The summed E-state index contributed by atoms with van der Waals surface area (Å²) in [5, 5.41) is 11.0. The van der Waals surface area contributed by atoms with Gasteiger partial charge in [-0.1, -0.05) is 26.0 Å². The lowest BCUT2D eigenvalue weighted by atomic mass is 10.2. The molecule has 158 valence electrons. The molecule has 9 nitrogen and oxygen atoms in total. The van der Waals surface area contributed by atoms with Crippen molar-refractivity contribution in [2.75, 3.05) is 17.8 Å². The molecule has 0 heterocycles. The van der Waals surface area contributed by atoms with Crippen LogP contribution in [0.2, 0.25) is 0 Å². The predicted octanol–water partition coefficient (Wildman–Crippen LogP) is 3.04. The minimum absolute atomic E-state index is 0.00263. The van der Waals surface area contributed by atoms with E-state index in [-0.39, 0.29) is 34.3 Å². The number of non-ortho nitro benzene ring substituents is 1. The van der Waals surface area contributed by atoms with E-state index in [1.54, 1.807) is 20.8 Å². The summed E-state index contributed by atoms with van der Waals surface area (Å²) < 4.78 is 54.9. The number of rotatable bonds is 8.